The smallest absolute Gasteiger partial charge is 0.226 e. The van der Waals surface area contributed by atoms with Crippen molar-refractivity contribution in [1.82, 2.24) is 9.78 Å². The Hall–Kier alpha value is -2.70. The molecule has 25 heavy (non-hydrogen) atoms. The summed E-state index contributed by atoms with van der Waals surface area (Å²) in [5.74, 6) is 2.37. The quantitative estimate of drug-likeness (QED) is 0.902. The summed E-state index contributed by atoms with van der Waals surface area (Å²) in [6, 6.07) is 3.81. The average molecular weight is 345 g/mol. The van der Waals surface area contributed by atoms with Gasteiger partial charge in [0.15, 0.2) is 11.5 Å². The minimum absolute atomic E-state index is 0.0447. The summed E-state index contributed by atoms with van der Waals surface area (Å²) in [4.78, 5) is 12.3. The molecular formula is C18H23N3O4. The summed E-state index contributed by atoms with van der Waals surface area (Å²) in [5, 5.41) is 7.39. The predicted octanol–water partition coefficient (Wildman–Crippen LogP) is 2.96. The molecule has 7 heteroatoms. The number of carbonyl (C=O) groups excluding carboxylic acids is 1. The molecule has 0 saturated carbocycles. The van der Waals surface area contributed by atoms with E-state index in [2.05, 4.69) is 10.4 Å². The molecule has 0 aliphatic carbocycles. The van der Waals surface area contributed by atoms with Gasteiger partial charge in [-0.1, -0.05) is 0 Å². The molecule has 1 amide bonds. The van der Waals surface area contributed by atoms with E-state index in [4.69, 9.17) is 14.2 Å². The maximum Gasteiger partial charge on any atom is 0.226 e. The van der Waals surface area contributed by atoms with Gasteiger partial charge in [0, 0.05) is 35.6 Å². The lowest BCUT2D eigenvalue weighted by molar-refractivity contribution is -0.116. The highest BCUT2D eigenvalue weighted by Crippen LogP contribution is 2.45. The van der Waals surface area contributed by atoms with E-state index in [1.807, 2.05) is 30.8 Å². The molecule has 0 saturated heterocycles. The molecule has 1 aromatic carbocycles. The molecule has 3 rings (SSSR count). The number of hydrogen-bond acceptors (Lipinski definition) is 5. The monoisotopic (exact) mass is 345 g/mol. The molecule has 134 valence electrons. The van der Waals surface area contributed by atoms with E-state index in [0.717, 1.165) is 16.9 Å². The van der Waals surface area contributed by atoms with Crippen LogP contribution in [0.4, 0.5) is 5.82 Å². The molecule has 1 aliphatic heterocycles. The first-order valence-electron chi connectivity index (χ1n) is 8.17. The zero-order chi connectivity index (χ0) is 18.1. The van der Waals surface area contributed by atoms with Crippen molar-refractivity contribution in [2.24, 2.45) is 0 Å². The van der Waals surface area contributed by atoms with Crippen LogP contribution >= 0.6 is 0 Å². The van der Waals surface area contributed by atoms with Crippen molar-refractivity contribution in [2.75, 3.05) is 26.6 Å². The van der Waals surface area contributed by atoms with Crippen LogP contribution in [0.1, 0.15) is 43.4 Å². The van der Waals surface area contributed by atoms with Crippen molar-refractivity contribution in [3.8, 4) is 17.2 Å². The van der Waals surface area contributed by atoms with Gasteiger partial charge in [-0.15, -0.1) is 0 Å². The van der Waals surface area contributed by atoms with Crippen LogP contribution in [-0.2, 0) is 4.79 Å². The molecular weight excluding hydrogens is 322 g/mol. The van der Waals surface area contributed by atoms with Crippen LogP contribution in [0.5, 0.6) is 17.2 Å². The van der Waals surface area contributed by atoms with Crippen LogP contribution < -0.4 is 19.5 Å². The van der Waals surface area contributed by atoms with Crippen LogP contribution in [0.15, 0.2) is 18.3 Å². The number of nitrogens with one attached hydrogen (secondary N) is 1. The zero-order valence-electron chi connectivity index (χ0n) is 15.1. The van der Waals surface area contributed by atoms with Crippen molar-refractivity contribution in [3.05, 3.63) is 29.5 Å². The van der Waals surface area contributed by atoms with E-state index in [-0.39, 0.29) is 17.9 Å². The summed E-state index contributed by atoms with van der Waals surface area (Å²) >= 11 is 0. The van der Waals surface area contributed by atoms with Gasteiger partial charge in [-0.2, -0.15) is 5.10 Å². The number of methoxy groups -OCH3 is 3. The van der Waals surface area contributed by atoms with Gasteiger partial charge < -0.3 is 19.5 Å². The molecule has 2 aromatic rings. The SMILES string of the molecule is COc1cc(OC)c(C2CC(=O)Nc3c2cnn3C(C)C)cc1OC. The number of fused-ring (bicyclic) bond motifs is 1. The minimum atomic E-state index is -0.161. The standard InChI is InChI=1S/C18H23N3O4/c1-10(2)21-18-13(9-19-21)11(7-17(22)20-18)12-6-15(24-4)16(25-5)8-14(12)23-3/h6,8-11H,7H2,1-5H3,(H,20,22). The summed E-state index contributed by atoms with van der Waals surface area (Å²) < 4.78 is 18.1. The number of aromatic nitrogens is 2. The lowest BCUT2D eigenvalue weighted by Gasteiger charge is -2.26. The number of hydrogen-bond donors (Lipinski definition) is 1. The molecule has 1 N–H and O–H groups in total. The lowest BCUT2D eigenvalue weighted by Crippen LogP contribution is -2.25. The normalized spacial score (nSPS) is 16.4. The van der Waals surface area contributed by atoms with Crippen molar-refractivity contribution in [3.63, 3.8) is 0 Å². The fraction of sp³-hybridized carbons (Fsp3) is 0.444. The Kier molecular flexibility index (Phi) is 4.57. The third-order valence-electron chi connectivity index (χ3n) is 4.45. The number of nitrogens with zero attached hydrogens (tertiary/aromatic N) is 2. The Morgan fingerprint density at radius 2 is 1.72 bits per heavy atom. The van der Waals surface area contributed by atoms with E-state index in [0.29, 0.717) is 23.7 Å². The molecule has 0 fully saturated rings. The highest BCUT2D eigenvalue weighted by atomic mass is 16.5. The Morgan fingerprint density at radius 1 is 1.08 bits per heavy atom. The maximum absolute atomic E-state index is 12.3. The molecule has 1 unspecified atom stereocenters. The van der Waals surface area contributed by atoms with Crippen LogP contribution in [0.25, 0.3) is 0 Å². The first-order chi connectivity index (χ1) is 12.0. The second kappa shape index (κ2) is 6.66. The molecule has 1 atom stereocenters. The van der Waals surface area contributed by atoms with Crippen molar-refractivity contribution < 1.29 is 19.0 Å². The van der Waals surface area contributed by atoms with Gasteiger partial charge in [-0.25, -0.2) is 4.68 Å². The molecule has 0 bridgehead atoms. The van der Waals surface area contributed by atoms with Crippen LogP contribution in [-0.4, -0.2) is 37.0 Å². The Labute approximate surface area is 146 Å². The number of benzene rings is 1. The van der Waals surface area contributed by atoms with Crippen molar-refractivity contribution >= 4 is 11.7 Å². The fourth-order valence-corrected chi connectivity index (χ4v) is 3.23. The topological polar surface area (TPSA) is 74.6 Å². The fourth-order valence-electron chi connectivity index (χ4n) is 3.23. The highest BCUT2D eigenvalue weighted by molar-refractivity contribution is 5.94. The minimum Gasteiger partial charge on any atom is -0.496 e. The van der Waals surface area contributed by atoms with E-state index in [9.17, 15) is 4.79 Å². The summed E-state index contributed by atoms with van der Waals surface area (Å²) in [7, 11) is 4.77. The molecule has 7 nitrogen and oxygen atoms in total. The lowest BCUT2D eigenvalue weighted by atomic mass is 9.86. The van der Waals surface area contributed by atoms with E-state index < -0.39 is 0 Å². The second-order valence-electron chi connectivity index (χ2n) is 6.24. The number of carbonyl (C=O) groups is 1. The Bertz CT molecular complexity index is 798. The van der Waals surface area contributed by atoms with Gasteiger partial charge in [0.25, 0.3) is 0 Å². The molecule has 1 aliphatic rings. The Balaban J connectivity index is 2.16. The highest BCUT2D eigenvalue weighted by Gasteiger charge is 2.33. The third-order valence-corrected chi connectivity index (χ3v) is 4.45. The van der Waals surface area contributed by atoms with Gasteiger partial charge in [0.2, 0.25) is 5.91 Å². The summed E-state index contributed by atoms with van der Waals surface area (Å²) in [5.41, 5.74) is 1.85. The van der Waals surface area contributed by atoms with Crippen molar-refractivity contribution in [2.45, 2.75) is 32.2 Å². The molecule has 1 aromatic heterocycles. The number of anilines is 1. The molecule has 0 radical (unpaired) electrons. The number of amides is 1. The van der Waals surface area contributed by atoms with Crippen LogP contribution in [0.2, 0.25) is 0 Å². The van der Waals surface area contributed by atoms with Crippen molar-refractivity contribution in [1.29, 1.82) is 0 Å². The van der Waals surface area contributed by atoms with Crippen LogP contribution in [0.3, 0.4) is 0 Å². The summed E-state index contributed by atoms with van der Waals surface area (Å²) in [6.07, 6.45) is 2.14. The Morgan fingerprint density at radius 3 is 2.32 bits per heavy atom. The molecule has 0 spiro atoms. The van der Waals surface area contributed by atoms with Gasteiger partial charge in [-0.3, -0.25) is 4.79 Å². The third kappa shape index (κ3) is 2.90. The van der Waals surface area contributed by atoms with Gasteiger partial charge in [-0.05, 0) is 19.9 Å². The second-order valence-corrected chi connectivity index (χ2v) is 6.24. The van der Waals surface area contributed by atoms with E-state index in [1.165, 1.54) is 0 Å². The predicted molar refractivity (Wildman–Crippen MR) is 93.8 cm³/mol. The van der Waals surface area contributed by atoms with E-state index >= 15 is 0 Å². The van der Waals surface area contributed by atoms with E-state index in [1.54, 1.807) is 27.4 Å². The first-order valence-corrected chi connectivity index (χ1v) is 8.17. The van der Waals surface area contributed by atoms with Gasteiger partial charge in [0.1, 0.15) is 11.6 Å². The number of ether oxygens (including phenoxy) is 3. The van der Waals surface area contributed by atoms with Gasteiger partial charge in [0.05, 0.1) is 27.5 Å². The molecule has 2 heterocycles. The zero-order valence-corrected chi connectivity index (χ0v) is 15.1. The first kappa shape index (κ1) is 17.1. The number of rotatable bonds is 5. The largest absolute Gasteiger partial charge is 0.496 e. The average Bonchev–Trinajstić information content (AvgIpc) is 3.03. The van der Waals surface area contributed by atoms with Gasteiger partial charge >= 0.3 is 0 Å². The maximum atomic E-state index is 12.3. The summed E-state index contributed by atoms with van der Waals surface area (Å²) in [6.45, 7) is 4.06. The van der Waals surface area contributed by atoms with Crippen LogP contribution in [0, 0.1) is 0 Å².